The molecule has 3 aromatic heterocycles. The van der Waals surface area contributed by atoms with Crippen LogP contribution in [0, 0.1) is 5.82 Å². The van der Waals surface area contributed by atoms with Crippen LogP contribution < -0.4 is 4.90 Å². The molecule has 0 radical (unpaired) electrons. The van der Waals surface area contributed by atoms with E-state index in [1.54, 1.807) is 17.7 Å². The highest BCUT2D eigenvalue weighted by molar-refractivity contribution is 7.17. The van der Waals surface area contributed by atoms with Gasteiger partial charge in [-0.05, 0) is 29.3 Å². The molecular weight excluding hydrogens is 433 g/mol. The maximum absolute atomic E-state index is 13.5. The zero-order valence-electron chi connectivity index (χ0n) is 18.0. The van der Waals surface area contributed by atoms with E-state index in [1.165, 1.54) is 23.1 Å². The molecule has 2 aromatic carbocycles. The highest BCUT2D eigenvalue weighted by Gasteiger charge is 2.23. The number of benzene rings is 2. The minimum Gasteiger partial charge on any atom is -0.353 e. The molecule has 6 rings (SSSR count). The molecule has 0 amide bonds. The quantitative estimate of drug-likeness (QED) is 0.365. The largest absolute Gasteiger partial charge is 0.353 e. The SMILES string of the molecule is Fc1ccc(-c2csc3ncnc(N4CCN(Cc5cccc6cccnc56)CC4)c23)cc1. The van der Waals surface area contributed by atoms with Gasteiger partial charge in [0.2, 0.25) is 0 Å². The van der Waals surface area contributed by atoms with Gasteiger partial charge < -0.3 is 4.90 Å². The van der Waals surface area contributed by atoms with Crippen LogP contribution in [0.2, 0.25) is 0 Å². The molecule has 0 bridgehead atoms. The Morgan fingerprint density at radius 1 is 0.879 bits per heavy atom. The summed E-state index contributed by atoms with van der Waals surface area (Å²) in [5.41, 5.74) is 4.40. The molecule has 0 spiro atoms. The zero-order valence-corrected chi connectivity index (χ0v) is 18.8. The fraction of sp³-hybridized carbons (Fsp3) is 0.192. The lowest BCUT2D eigenvalue weighted by atomic mass is 10.1. The Morgan fingerprint density at radius 2 is 1.70 bits per heavy atom. The molecule has 0 saturated carbocycles. The van der Waals surface area contributed by atoms with Crippen LogP contribution in [-0.4, -0.2) is 46.0 Å². The monoisotopic (exact) mass is 455 g/mol. The third kappa shape index (κ3) is 3.83. The van der Waals surface area contributed by atoms with E-state index in [4.69, 9.17) is 0 Å². The zero-order chi connectivity index (χ0) is 22.2. The number of piperazine rings is 1. The lowest BCUT2D eigenvalue weighted by Gasteiger charge is -2.35. The van der Waals surface area contributed by atoms with Gasteiger partial charge in [0.05, 0.1) is 10.9 Å². The van der Waals surface area contributed by atoms with Crippen molar-refractivity contribution in [1.29, 1.82) is 0 Å². The minimum absolute atomic E-state index is 0.229. The summed E-state index contributed by atoms with van der Waals surface area (Å²) in [4.78, 5) is 19.6. The summed E-state index contributed by atoms with van der Waals surface area (Å²) in [6, 6.07) is 17.2. The normalized spacial score (nSPS) is 14.9. The van der Waals surface area contributed by atoms with Crippen LogP contribution in [0.1, 0.15) is 5.56 Å². The predicted molar refractivity (Wildman–Crippen MR) is 132 cm³/mol. The number of para-hydroxylation sites is 1. The molecule has 0 atom stereocenters. The molecule has 1 saturated heterocycles. The number of nitrogens with zero attached hydrogens (tertiary/aromatic N) is 5. The van der Waals surface area contributed by atoms with Gasteiger partial charge in [0.25, 0.3) is 0 Å². The van der Waals surface area contributed by atoms with Crippen molar-refractivity contribution in [1.82, 2.24) is 19.9 Å². The van der Waals surface area contributed by atoms with Crippen LogP contribution in [0.25, 0.3) is 32.2 Å². The molecule has 4 heterocycles. The number of aromatic nitrogens is 3. The predicted octanol–water partition coefficient (Wildman–Crippen LogP) is 5.37. The molecule has 0 aliphatic carbocycles. The van der Waals surface area contributed by atoms with Crippen molar-refractivity contribution in [2.45, 2.75) is 6.54 Å². The van der Waals surface area contributed by atoms with Crippen LogP contribution in [-0.2, 0) is 6.54 Å². The third-order valence-corrected chi connectivity index (χ3v) is 7.17. The van der Waals surface area contributed by atoms with Gasteiger partial charge in [-0.25, -0.2) is 14.4 Å². The van der Waals surface area contributed by atoms with Crippen LogP contribution in [0.5, 0.6) is 0 Å². The van der Waals surface area contributed by atoms with Gasteiger partial charge in [0.15, 0.2) is 0 Å². The smallest absolute Gasteiger partial charge is 0.141 e. The molecule has 7 heteroatoms. The number of halogens is 1. The second-order valence-electron chi connectivity index (χ2n) is 8.29. The standard InChI is InChI=1S/C26H22FN5S/c27-21-8-6-18(7-9-21)22-16-33-26-23(22)25(29-17-30-26)32-13-11-31(12-14-32)15-20-4-1-3-19-5-2-10-28-24(19)20/h1-10,16-17H,11-15H2. The number of hydrogen-bond acceptors (Lipinski definition) is 6. The Bertz CT molecular complexity index is 1420. The van der Waals surface area contributed by atoms with E-state index in [9.17, 15) is 4.39 Å². The van der Waals surface area contributed by atoms with E-state index < -0.39 is 0 Å². The molecule has 33 heavy (non-hydrogen) atoms. The van der Waals surface area contributed by atoms with Crippen molar-refractivity contribution < 1.29 is 4.39 Å². The number of hydrogen-bond donors (Lipinski definition) is 0. The average molecular weight is 456 g/mol. The molecule has 5 nitrogen and oxygen atoms in total. The molecule has 164 valence electrons. The Hall–Kier alpha value is -3.42. The van der Waals surface area contributed by atoms with Crippen LogP contribution >= 0.6 is 11.3 Å². The van der Waals surface area contributed by atoms with E-state index in [2.05, 4.69) is 54.4 Å². The van der Waals surface area contributed by atoms with Crippen LogP contribution in [0.3, 0.4) is 0 Å². The summed E-state index contributed by atoms with van der Waals surface area (Å²) in [6.07, 6.45) is 3.51. The van der Waals surface area contributed by atoms with Gasteiger partial charge in [0.1, 0.15) is 22.8 Å². The van der Waals surface area contributed by atoms with Gasteiger partial charge in [-0.2, -0.15) is 0 Å². The number of pyridine rings is 1. The highest BCUT2D eigenvalue weighted by atomic mass is 32.1. The average Bonchev–Trinajstić information content (AvgIpc) is 3.30. The van der Waals surface area contributed by atoms with Crippen molar-refractivity contribution >= 4 is 38.3 Å². The Kier molecular flexibility index (Phi) is 5.20. The van der Waals surface area contributed by atoms with E-state index in [-0.39, 0.29) is 5.82 Å². The van der Waals surface area contributed by atoms with Crippen molar-refractivity contribution in [3.8, 4) is 11.1 Å². The first-order chi connectivity index (χ1) is 16.3. The summed E-state index contributed by atoms with van der Waals surface area (Å²) >= 11 is 1.61. The van der Waals surface area contributed by atoms with Gasteiger partial charge in [-0.15, -0.1) is 11.3 Å². The fourth-order valence-corrected chi connectivity index (χ4v) is 5.51. The second kappa shape index (κ2) is 8.50. The number of anilines is 1. The number of fused-ring (bicyclic) bond motifs is 2. The number of thiophene rings is 1. The topological polar surface area (TPSA) is 45.2 Å². The third-order valence-electron chi connectivity index (χ3n) is 6.29. The van der Waals surface area contributed by atoms with Gasteiger partial charge in [-0.3, -0.25) is 9.88 Å². The summed E-state index contributed by atoms with van der Waals surface area (Å²) < 4.78 is 13.5. The van der Waals surface area contributed by atoms with Crippen LogP contribution in [0.15, 0.2) is 72.5 Å². The first-order valence-corrected chi connectivity index (χ1v) is 11.9. The molecular formula is C26H22FN5S. The van der Waals surface area contributed by atoms with E-state index in [0.717, 1.165) is 65.4 Å². The molecule has 1 aliphatic heterocycles. The van der Waals surface area contributed by atoms with Crippen molar-refractivity contribution in [3.63, 3.8) is 0 Å². The Morgan fingerprint density at radius 3 is 2.55 bits per heavy atom. The van der Waals surface area contributed by atoms with E-state index >= 15 is 0 Å². The van der Waals surface area contributed by atoms with Gasteiger partial charge >= 0.3 is 0 Å². The minimum atomic E-state index is -0.229. The molecule has 1 fully saturated rings. The molecule has 0 unspecified atom stereocenters. The van der Waals surface area contributed by atoms with E-state index in [1.807, 2.05) is 24.4 Å². The summed E-state index contributed by atoms with van der Waals surface area (Å²) in [6.45, 7) is 4.57. The number of rotatable bonds is 4. The van der Waals surface area contributed by atoms with Crippen molar-refractivity contribution in [3.05, 3.63) is 83.9 Å². The lowest BCUT2D eigenvalue weighted by molar-refractivity contribution is 0.250. The van der Waals surface area contributed by atoms with Crippen molar-refractivity contribution in [2.75, 3.05) is 31.1 Å². The summed E-state index contributed by atoms with van der Waals surface area (Å²) in [7, 11) is 0. The molecule has 0 N–H and O–H groups in total. The van der Waals surface area contributed by atoms with Crippen LogP contribution in [0.4, 0.5) is 10.2 Å². The lowest BCUT2D eigenvalue weighted by Crippen LogP contribution is -2.46. The summed E-state index contributed by atoms with van der Waals surface area (Å²) in [5, 5.41) is 4.34. The summed E-state index contributed by atoms with van der Waals surface area (Å²) in [5.74, 6) is 0.735. The van der Waals surface area contributed by atoms with E-state index in [0.29, 0.717) is 0 Å². The van der Waals surface area contributed by atoms with Gasteiger partial charge in [-0.1, -0.05) is 36.4 Å². The van der Waals surface area contributed by atoms with Crippen molar-refractivity contribution in [2.24, 2.45) is 0 Å². The Labute approximate surface area is 195 Å². The fourth-order valence-electron chi connectivity index (χ4n) is 4.59. The molecule has 1 aliphatic rings. The second-order valence-corrected chi connectivity index (χ2v) is 9.15. The maximum atomic E-state index is 13.5. The first-order valence-electron chi connectivity index (χ1n) is 11.0. The molecule has 5 aromatic rings. The first kappa shape index (κ1) is 20.2. The van der Waals surface area contributed by atoms with Gasteiger partial charge in [0, 0.05) is 55.3 Å². The maximum Gasteiger partial charge on any atom is 0.141 e. The Balaban J connectivity index is 1.24. The highest BCUT2D eigenvalue weighted by Crippen LogP contribution is 2.38.